The minimum absolute atomic E-state index is 0.153. The molecule has 2 heterocycles. The highest BCUT2D eigenvalue weighted by atomic mass is 16.6. The van der Waals surface area contributed by atoms with Gasteiger partial charge in [0, 0.05) is 6.20 Å². The minimum atomic E-state index is -1.25. The van der Waals surface area contributed by atoms with Crippen LogP contribution in [-0.4, -0.2) is 52.2 Å². The number of aliphatic hydroxyl groups is 3. The topological polar surface area (TPSA) is 111 Å². The zero-order valence-corrected chi connectivity index (χ0v) is 8.96. The average Bonchev–Trinajstić information content (AvgIpc) is 2.57. The van der Waals surface area contributed by atoms with Crippen LogP contribution >= 0.6 is 0 Å². The lowest BCUT2D eigenvalue weighted by Crippen LogP contribution is -2.42. The van der Waals surface area contributed by atoms with E-state index in [1.807, 2.05) is 0 Å². The van der Waals surface area contributed by atoms with Gasteiger partial charge in [-0.1, -0.05) is 6.58 Å². The number of nitrogens with one attached hydrogen (secondary N) is 2. The lowest BCUT2D eigenvalue weighted by molar-refractivity contribution is -0.119. The van der Waals surface area contributed by atoms with Crippen molar-refractivity contribution in [1.29, 1.82) is 0 Å². The van der Waals surface area contributed by atoms with E-state index in [1.165, 1.54) is 6.20 Å². The SMILES string of the molecule is C=C1NC=C([C@@H]2O[C@H](CO)C(O)[C@@H]2O)C(=O)N1. The lowest BCUT2D eigenvalue weighted by atomic mass is 10.0. The van der Waals surface area contributed by atoms with E-state index in [0.717, 1.165) is 0 Å². The summed E-state index contributed by atoms with van der Waals surface area (Å²) in [7, 11) is 0. The number of carbonyl (C=O) groups is 1. The Bertz CT molecular complexity index is 381. The molecule has 2 aliphatic heterocycles. The predicted molar refractivity (Wildman–Crippen MR) is 56.3 cm³/mol. The molecule has 0 aliphatic carbocycles. The van der Waals surface area contributed by atoms with Gasteiger partial charge in [-0.05, 0) is 0 Å². The molecule has 0 aromatic heterocycles. The Morgan fingerprint density at radius 2 is 2.12 bits per heavy atom. The van der Waals surface area contributed by atoms with Crippen molar-refractivity contribution in [3.05, 3.63) is 24.2 Å². The minimum Gasteiger partial charge on any atom is -0.394 e. The molecule has 1 amide bonds. The van der Waals surface area contributed by atoms with E-state index in [2.05, 4.69) is 17.2 Å². The van der Waals surface area contributed by atoms with Crippen LogP contribution in [0.25, 0.3) is 0 Å². The maximum Gasteiger partial charge on any atom is 0.256 e. The van der Waals surface area contributed by atoms with Crippen molar-refractivity contribution in [3.63, 3.8) is 0 Å². The highest BCUT2D eigenvalue weighted by molar-refractivity contribution is 5.96. The molecule has 0 aromatic rings. The standard InChI is InChI=1S/C10H14N2O5/c1-4-11-2-5(10(16)12-4)9-8(15)7(14)6(3-13)17-9/h2,6-9,11,13-15H,1,3H2,(H,12,16)/t6-,7?,8+,9+/m1/s1. The summed E-state index contributed by atoms with van der Waals surface area (Å²) in [6.07, 6.45) is -2.97. The molecule has 2 aliphatic rings. The first-order valence-electron chi connectivity index (χ1n) is 5.14. The molecular formula is C10H14N2O5. The number of hydrogen-bond acceptors (Lipinski definition) is 6. The molecule has 0 saturated carbocycles. The van der Waals surface area contributed by atoms with Gasteiger partial charge in [0.25, 0.3) is 5.91 Å². The zero-order valence-electron chi connectivity index (χ0n) is 8.96. The number of ether oxygens (including phenoxy) is 1. The summed E-state index contributed by atoms with van der Waals surface area (Å²) in [5.41, 5.74) is 0.153. The Labute approximate surface area is 97.4 Å². The lowest BCUT2D eigenvalue weighted by Gasteiger charge is -2.22. The maximum atomic E-state index is 11.6. The summed E-state index contributed by atoms with van der Waals surface area (Å²) >= 11 is 0. The van der Waals surface area contributed by atoms with Gasteiger partial charge >= 0.3 is 0 Å². The summed E-state index contributed by atoms with van der Waals surface area (Å²) in [5.74, 6) is -0.130. The number of rotatable bonds is 2. The molecule has 1 fully saturated rings. The molecular weight excluding hydrogens is 228 g/mol. The summed E-state index contributed by atoms with van der Waals surface area (Å²) in [6.45, 7) is 3.08. The van der Waals surface area contributed by atoms with Crippen molar-refractivity contribution >= 4 is 5.91 Å². The van der Waals surface area contributed by atoms with Gasteiger partial charge in [-0.3, -0.25) is 4.79 Å². The summed E-state index contributed by atoms with van der Waals surface area (Å²) in [5, 5.41) is 33.3. The van der Waals surface area contributed by atoms with Gasteiger partial charge in [0.1, 0.15) is 30.2 Å². The summed E-state index contributed by atoms with van der Waals surface area (Å²) in [4.78, 5) is 11.6. The first-order valence-corrected chi connectivity index (χ1v) is 5.14. The predicted octanol–water partition coefficient (Wildman–Crippen LogP) is -2.46. The van der Waals surface area contributed by atoms with Crippen molar-refractivity contribution in [3.8, 4) is 0 Å². The van der Waals surface area contributed by atoms with E-state index in [1.54, 1.807) is 0 Å². The van der Waals surface area contributed by atoms with Crippen molar-refractivity contribution in [2.45, 2.75) is 24.4 Å². The first-order chi connectivity index (χ1) is 8.04. The largest absolute Gasteiger partial charge is 0.394 e. The van der Waals surface area contributed by atoms with Crippen molar-refractivity contribution in [1.82, 2.24) is 10.6 Å². The smallest absolute Gasteiger partial charge is 0.256 e. The van der Waals surface area contributed by atoms with Crippen LogP contribution in [0.2, 0.25) is 0 Å². The van der Waals surface area contributed by atoms with Crippen LogP contribution in [0.1, 0.15) is 0 Å². The molecule has 1 unspecified atom stereocenters. The fourth-order valence-corrected chi connectivity index (χ4v) is 1.84. The molecule has 0 spiro atoms. The highest BCUT2D eigenvalue weighted by Crippen LogP contribution is 2.27. The van der Waals surface area contributed by atoms with Gasteiger partial charge < -0.3 is 30.7 Å². The average molecular weight is 242 g/mol. The van der Waals surface area contributed by atoms with Crippen LogP contribution in [0.3, 0.4) is 0 Å². The number of carbonyl (C=O) groups excluding carboxylic acids is 1. The summed E-state index contributed by atoms with van der Waals surface area (Å²) < 4.78 is 5.23. The second-order valence-electron chi connectivity index (χ2n) is 3.94. The van der Waals surface area contributed by atoms with Gasteiger partial charge in [-0.25, -0.2) is 0 Å². The normalized spacial score (nSPS) is 37.5. The maximum absolute atomic E-state index is 11.6. The number of amides is 1. The van der Waals surface area contributed by atoms with Crippen LogP contribution in [0.15, 0.2) is 24.2 Å². The van der Waals surface area contributed by atoms with Crippen LogP contribution in [0.5, 0.6) is 0 Å². The van der Waals surface area contributed by atoms with E-state index >= 15 is 0 Å². The van der Waals surface area contributed by atoms with Crippen LogP contribution < -0.4 is 10.6 Å². The molecule has 94 valence electrons. The molecule has 17 heavy (non-hydrogen) atoms. The Morgan fingerprint density at radius 3 is 2.65 bits per heavy atom. The monoisotopic (exact) mass is 242 g/mol. The summed E-state index contributed by atoms with van der Waals surface area (Å²) in [6, 6.07) is 0. The molecule has 1 saturated heterocycles. The molecule has 7 nitrogen and oxygen atoms in total. The molecule has 5 N–H and O–H groups in total. The molecule has 0 aromatic carbocycles. The number of hydrogen-bond donors (Lipinski definition) is 5. The number of aliphatic hydroxyl groups excluding tert-OH is 3. The van der Waals surface area contributed by atoms with Crippen LogP contribution in [-0.2, 0) is 9.53 Å². The van der Waals surface area contributed by atoms with E-state index < -0.39 is 36.9 Å². The van der Waals surface area contributed by atoms with Gasteiger partial charge in [-0.2, -0.15) is 0 Å². The Kier molecular flexibility index (Phi) is 3.16. The highest BCUT2D eigenvalue weighted by Gasteiger charge is 2.45. The van der Waals surface area contributed by atoms with Crippen molar-refractivity contribution in [2.24, 2.45) is 0 Å². The Hall–Kier alpha value is -1.41. The third-order valence-corrected chi connectivity index (χ3v) is 2.78. The van der Waals surface area contributed by atoms with Crippen molar-refractivity contribution in [2.75, 3.05) is 6.61 Å². The van der Waals surface area contributed by atoms with Gasteiger partial charge in [0.15, 0.2) is 0 Å². The third kappa shape index (κ3) is 2.05. The van der Waals surface area contributed by atoms with Crippen LogP contribution in [0, 0.1) is 0 Å². The quantitative estimate of drug-likeness (QED) is 0.367. The van der Waals surface area contributed by atoms with E-state index in [4.69, 9.17) is 9.84 Å². The van der Waals surface area contributed by atoms with E-state index in [-0.39, 0.29) is 5.57 Å². The van der Waals surface area contributed by atoms with Gasteiger partial charge in [-0.15, -0.1) is 0 Å². The molecule has 7 heteroatoms. The molecule has 4 atom stereocenters. The zero-order chi connectivity index (χ0) is 12.6. The molecule has 2 rings (SSSR count). The molecule has 0 radical (unpaired) electrons. The van der Waals surface area contributed by atoms with Gasteiger partial charge in [0.05, 0.1) is 12.2 Å². The van der Waals surface area contributed by atoms with Crippen molar-refractivity contribution < 1.29 is 24.9 Å². The van der Waals surface area contributed by atoms with E-state index in [9.17, 15) is 15.0 Å². The first kappa shape index (κ1) is 12.1. The Balaban J connectivity index is 2.18. The van der Waals surface area contributed by atoms with Gasteiger partial charge in [0.2, 0.25) is 0 Å². The fraction of sp³-hybridized carbons (Fsp3) is 0.500. The van der Waals surface area contributed by atoms with E-state index in [0.29, 0.717) is 5.82 Å². The fourth-order valence-electron chi connectivity index (χ4n) is 1.84. The van der Waals surface area contributed by atoms with Crippen LogP contribution in [0.4, 0.5) is 0 Å². The Morgan fingerprint density at radius 1 is 1.41 bits per heavy atom. The second-order valence-corrected chi connectivity index (χ2v) is 3.94. The third-order valence-electron chi connectivity index (χ3n) is 2.78. The second kappa shape index (κ2) is 4.46. The molecule has 0 bridgehead atoms.